The van der Waals surface area contributed by atoms with E-state index < -0.39 is 11.2 Å². The van der Waals surface area contributed by atoms with Gasteiger partial charge in [0, 0.05) is 10.6 Å². The number of hydrogen-bond donors (Lipinski definition) is 2. The summed E-state index contributed by atoms with van der Waals surface area (Å²) in [6.07, 6.45) is 0.547. The van der Waals surface area contributed by atoms with Crippen molar-refractivity contribution in [1.29, 1.82) is 0 Å². The molecule has 3 nitrogen and oxygen atoms in total. The highest BCUT2D eigenvalue weighted by atomic mass is 35.5. The maximum atomic E-state index is 10.8. The number of nitrogen functional groups attached to an aromatic ring is 1. The summed E-state index contributed by atoms with van der Waals surface area (Å²) in [6.45, 7) is 1.83. The number of anilines is 1. The zero-order valence-corrected chi connectivity index (χ0v) is 9.81. The van der Waals surface area contributed by atoms with Crippen molar-refractivity contribution in [3.05, 3.63) is 23.2 Å². The Morgan fingerprint density at radius 2 is 2.33 bits per heavy atom. The summed E-state index contributed by atoms with van der Waals surface area (Å²) >= 11 is 7.16. The van der Waals surface area contributed by atoms with Crippen molar-refractivity contribution >= 4 is 35.0 Å². The van der Waals surface area contributed by atoms with Crippen LogP contribution in [-0.2, 0) is 4.79 Å². The molecule has 0 bridgehead atoms. The van der Waals surface area contributed by atoms with Crippen LogP contribution in [0.3, 0.4) is 0 Å². The lowest BCUT2D eigenvalue weighted by Crippen LogP contribution is -2.14. The van der Waals surface area contributed by atoms with Gasteiger partial charge in [0.05, 0.1) is 5.02 Å². The van der Waals surface area contributed by atoms with E-state index in [1.54, 1.807) is 18.2 Å². The lowest BCUT2D eigenvalue weighted by molar-refractivity contribution is -0.136. The van der Waals surface area contributed by atoms with Gasteiger partial charge in [-0.1, -0.05) is 18.5 Å². The molecule has 0 spiro atoms. The highest BCUT2D eigenvalue weighted by Crippen LogP contribution is 2.33. The normalized spacial score (nSPS) is 12.4. The number of benzene rings is 1. The van der Waals surface area contributed by atoms with Crippen molar-refractivity contribution in [3.63, 3.8) is 0 Å². The first kappa shape index (κ1) is 12.2. The number of carboxylic acids is 1. The predicted octanol–water partition coefficient (Wildman–Crippen LogP) is 2.88. The van der Waals surface area contributed by atoms with E-state index >= 15 is 0 Å². The molecular weight excluding hydrogens is 234 g/mol. The van der Waals surface area contributed by atoms with E-state index in [1.807, 2.05) is 6.92 Å². The first-order valence-corrected chi connectivity index (χ1v) is 5.74. The van der Waals surface area contributed by atoms with Crippen LogP contribution < -0.4 is 5.73 Å². The highest BCUT2D eigenvalue weighted by molar-refractivity contribution is 8.00. The molecule has 82 valence electrons. The lowest BCUT2D eigenvalue weighted by atomic mass is 10.3. The average molecular weight is 246 g/mol. The standard InChI is InChI=1S/C10H12ClNO2S/c1-2-8(10(13)14)15-9-5-6(12)3-4-7(9)11/h3-5,8H,2,12H2,1H3,(H,13,14). The molecule has 0 fully saturated rings. The molecule has 0 saturated carbocycles. The second-order valence-electron chi connectivity index (χ2n) is 3.04. The van der Waals surface area contributed by atoms with Gasteiger partial charge < -0.3 is 10.8 Å². The van der Waals surface area contributed by atoms with Crippen molar-refractivity contribution in [2.75, 3.05) is 5.73 Å². The molecule has 3 N–H and O–H groups in total. The summed E-state index contributed by atoms with van der Waals surface area (Å²) in [7, 11) is 0. The summed E-state index contributed by atoms with van der Waals surface area (Å²) < 4.78 is 0. The second kappa shape index (κ2) is 5.28. The van der Waals surface area contributed by atoms with Gasteiger partial charge in [-0.3, -0.25) is 4.79 Å². The van der Waals surface area contributed by atoms with E-state index in [-0.39, 0.29) is 0 Å². The van der Waals surface area contributed by atoms with Crippen LogP contribution >= 0.6 is 23.4 Å². The maximum Gasteiger partial charge on any atom is 0.316 e. The van der Waals surface area contributed by atoms with Gasteiger partial charge in [-0.2, -0.15) is 0 Å². The number of carboxylic acid groups (broad SMARTS) is 1. The Kier molecular flexibility index (Phi) is 4.29. The van der Waals surface area contributed by atoms with E-state index in [1.165, 1.54) is 11.8 Å². The van der Waals surface area contributed by atoms with Crippen LogP contribution in [0.2, 0.25) is 5.02 Å². The van der Waals surface area contributed by atoms with Crippen LogP contribution in [0.25, 0.3) is 0 Å². The van der Waals surface area contributed by atoms with Gasteiger partial charge >= 0.3 is 5.97 Å². The zero-order valence-electron chi connectivity index (χ0n) is 8.24. The van der Waals surface area contributed by atoms with Crippen LogP contribution in [0, 0.1) is 0 Å². The highest BCUT2D eigenvalue weighted by Gasteiger charge is 2.17. The third-order valence-electron chi connectivity index (χ3n) is 1.87. The molecule has 0 aliphatic carbocycles. The molecule has 1 rings (SSSR count). The molecule has 0 aliphatic rings. The Morgan fingerprint density at radius 1 is 1.67 bits per heavy atom. The molecule has 0 saturated heterocycles. The minimum absolute atomic E-state index is 0.482. The molecule has 0 radical (unpaired) electrons. The van der Waals surface area contributed by atoms with Crippen LogP contribution in [-0.4, -0.2) is 16.3 Å². The molecule has 5 heteroatoms. The minimum Gasteiger partial charge on any atom is -0.480 e. The molecule has 15 heavy (non-hydrogen) atoms. The van der Waals surface area contributed by atoms with Crippen molar-refractivity contribution in [3.8, 4) is 0 Å². The molecule has 0 aromatic heterocycles. The van der Waals surface area contributed by atoms with Crippen LogP contribution in [0.1, 0.15) is 13.3 Å². The van der Waals surface area contributed by atoms with E-state index in [9.17, 15) is 4.79 Å². The number of carbonyl (C=O) groups is 1. The fourth-order valence-corrected chi connectivity index (χ4v) is 2.28. The number of rotatable bonds is 4. The van der Waals surface area contributed by atoms with Crippen molar-refractivity contribution in [2.24, 2.45) is 0 Å². The Labute approximate surface area is 97.6 Å². The first-order valence-electron chi connectivity index (χ1n) is 4.49. The quantitative estimate of drug-likeness (QED) is 0.633. The third-order valence-corrected chi connectivity index (χ3v) is 3.72. The Bertz CT molecular complexity index is 370. The fraction of sp³-hybridized carbons (Fsp3) is 0.300. The number of nitrogens with two attached hydrogens (primary N) is 1. The second-order valence-corrected chi connectivity index (χ2v) is 4.69. The van der Waals surface area contributed by atoms with Crippen molar-refractivity contribution in [1.82, 2.24) is 0 Å². The van der Waals surface area contributed by atoms with Gasteiger partial charge in [0.2, 0.25) is 0 Å². The number of thioether (sulfide) groups is 1. The molecule has 1 aromatic rings. The summed E-state index contributed by atoms with van der Waals surface area (Å²) in [5.41, 5.74) is 6.19. The van der Waals surface area contributed by atoms with E-state index in [0.717, 1.165) is 0 Å². The zero-order chi connectivity index (χ0) is 11.4. The summed E-state index contributed by atoms with van der Waals surface area (Å²) in [5.74, 6) is -0.832. The summed E-state index contributed by atoms with van der Waals surface area (Å²) in [4.78, 5) is 11.5. The van der Waals surface area contributed by atoms with E-state index in [0.29, 0.717) is 22.0 Å². The monoisotopic (exact) mass is 245 g/mol. The van der Waals surface area contributed by atoms with Crippen LogP contribution in [0.5, 0.6) is 0 Å². The third kappa shape index (κ3) is 3.32. The topological polar surface area (TPSA) is 63.3 Å². The summed E-state index contributed by atoms with van der Waals surface area (Å²) in [6, 6.07) is 5.06. The Morgan fingerprint density at radius 3 is 2.87 bits per heavy atom. The van der Waals surface area contributed by atoms with Gasteiger partial charge in [-0.25, -0.2) is 0 Å². The fourth-order valence-electron chi connectivity index (χ4n) is 1.07. The SMILES string of the molecule is CCC(Sc1cc(N)ccc1Cl)C(=O)O. The van der Waals surface area contributed by atoms with Crippen molar-refractivity contribution < 1.29 is 9.90 Å². The lowest BCUT2D eigenvalue weighted by Gasteiger charge is -2.10. The molecule has 0 heterocycles. The van der Waals surface area contributed by atoms with Crippen LogP contribution in [0.4, 0.5) is 5.69 Å². The number of halogens is 1. The largest absolute Gasteiger partial charge is 0.480 e. The molecule has 1 aromatic carbocycles. The Balaban J connectivity index is 2.87. The minimum atomic E-state index is -0.832. The Hall–Kier alpha value is -0.870. The molecule has 1 atom stereocenters. The average Bonchev–Trinajstić information content (AvgIpc) is 2.18. The maximum absolute atomic E-state index is 10.8. The van der Waals surface area contributed by atoms with Crippen LogP contribution in [0.15, 0.2) is 23.1 Å². The van der Waals surface area contributed by atoms with Gasteiger partial charge in [0.15, 0.2) is 0 Å². The van der Waals surface area contributed by atoms with E-state index in [2.05, 4.69) is 0 Å². The smallest absolute Gasteiger partial charge is 0.316 e. The summed E-state index contributed by atoms with van der Waals surface area (Å²) in [5, 5.41) is 8.95. The molecular formula is C10H12ClNO2S. The molecule has 0 aliphatic heterocycles. The van der Waals surface area contributed by atoms with E-state index in [4.69, 9.17) is 22.4 Å². The number of aliphatic carboxylic acids is 1. The predicted molar refractivity (Wildman–Crippen MR) is 63.4 cm³/mol. The first-order chi connectivity index (χ1) is 7.04. The van der Waals surface area contributed by atoms with Gasteiger partial charge in [-0.05, 0) is 24.6 Å². The molecule has 1 unspecified atom stereocenters. The van der Waals surface area contributed by atoms with Gasteiger partial charge in [0.1, 0.15) is 5.25 Å². The molecule has 0 amide bonds. The van der Waals surface area contributed by atoms with Gasteiger partial charge in [-0.15, -0.1) is 11.8 Å². The number of hydrogen-bond acceptors (Lipinski definition) is 3. The van der Waals surface area contributed by atoms with Gasteiger partial charge in [0.25, 0.3) is 0 Å². The van der Waals surface area contributed by atoms with Crippen molar-refractivity contribution in [2.45, 2.75) is 23.5 Å².